The molecule has 0 bridgehead atoms. The van der Waals surface area contributed by atoms with Gasteiger partial charge in [0.25, 0.3) is 0 Å². The van der Waals surface area contributed by atoms with E-state index in [-0.39, 0.29) is 19.8 Å². The molecule has 0 heterocycles. The van der Waals surface area contributed by atoms with Crippen molar-refractivity contribution in [3.63, 3.8) is 0 Å². The summed E-state index contributed by atoms with van der Waals surface area (Å²) in [6.07, 6.45) is 0.570. The van der Waals surface area contributed by atoms with E-state index in [1.54, 1.807) is 0 Å². The second kappa shape index (κ2) is 23.0. The van der Waals surface area contributed by atoms with E-state index in [2.05, 4.69) is 5.73 Å². The molecule has 2 atom stereocenters. The molecule has 0 aliphatic heterocycles. The molecule has 0 saturated heterocycles. The Bertz CT molecular complexity index is 602. The molecule has 0 aromatic heterocycles. The Hall–Kier alpha value is -2.65. The van der Waals surface area contributed by atoms with Gasteiger partial charge in [-0.25, -0.2) is 0 Å². The lowest BCUT2D eigenvalue weighted by atomic mass is 10.1. The molecule has 186 valence electrons. The van der Waals surface area contributed by atoms with Crippen molar-refractivity contribution in [2.45, 2.75) is 37.5 Å². The second-order valence-electron chi connectivity index (χ2n) is 6.13. The van der Waals surface area contributed by atoms with Crippen LogP contribution < -0.4 is 22.9 Å². The van der Waals surface area contributed by atoms with Crippen molar-refractivity contribution in [2.24, 2.45) is 22.9 Å². The summed E-state index contributed by atoms with van der Waals surface area (Å²) in [6, 6.07) is 7.80. The summed E-state index contributed by atoms with van der Waals surface area (Å²) < 4.78 is 0. The van der Waals surface area contributed by atoms with Crippen molar-refractivity contribution >= 4 is 17.9 Å². The van der Waals surface area contributed by atoms with Crippen molar-refractivity contribution in [3.05, 3.63) is 35.9 Å². The standard InChI is InChI=1S/C9H11NO2.C5H12N2O2.C3H8O3.C2H5NO2/c10-8(9(11)12)6-7-4-2-1-3-5-7;6-3-1-2-4(7)5(8)9;4-1-3(6)2-5;3-1-2(4)5/h1-5,8H,6,10H2,(H,11,12);4H,1-3,6-7H2,(H,8,9);3-6H,1-2H2;1,3H2,(H,4,5)/t8-;4-;;/m00../s1. The summed E-state index contributed by atoms with van der Waals surface area (Å²) in [5.74, 6) is -2.88. The third-order valence-electron chi connectivity index (χ3n) is 3.25. The van der Waals surface area contributed by atoms with E-state index < -0.39 is 36.1 Å². The van der Waals surface area contributed by atoms with Crippen molar-refractivity contribution in [1.29, 1.82) is 0 Å². The van der Waals surface area contributed by atoms with Crippen LogP contribution in [0.15, 0.2) is 30.3 Å². The maximum Gasteiger partial charge on any atom is 0.320 e. The molecule has 0 amide bonds. The van der Waals surface area contributed by atoms with Crippen LogP contribution in [0.3, 0.4) is 0 Å². The molecule has 0 aliphatic rings. The highest BCUT2D eigenvalue weighted by Crippen LogP contribution is 2.01. The first-order valence-corrected chi connectivity index (χ1v) is 9.49. The first kappa shape index (κ1) is 34.0. The fraction of sp³-hybridized carbons (Fsp3) is 0.526. The monoisotopic (exact) mass is 464 g/mol. The molecule has 0 saturated carbocycles. The molecular formula is C19H36N4O9. The van der Waals surface area contributed by atoms with E-state index in [9.17, 15) is 14.4 Å². The fourth-order valence-electron chi connectivity index (χ4n) is 1.47. The minimum absolute atomic E-state index is 0.278. The van der Waals surface area contributed by atoms with Crippen molar-refractivity contribution < 1.29 is 45.0 Å². The first-order valence-electron chi connectivity index (χ1n) is 9.49. The van der Waals surface area contributed by atoms with Crippen LogP contribution in [0.25, 0.3) is 0 Å². The zero-order chi connectivity index (χ0) is 25.5. The lowest BCUT2D eigenvalue weighted by Crippen LogP contribution is -2.32. The number of nitrogens with two attached hydrogens (primary N) is 4. The van der Waals surface area contributed by atoms with Crippen molar-refractivity contribution in [2.75, 3.05) is 26.3 Å². The zero-order valence-electron chi connectivity index (χ0n) is 17.8. The van der Waals surface area contributed by atoms with E-state index >= 15 is 0 Å². The van der Waals surface area contributed by atoms with Gasteiger partial charge in [-0.3, -0.25) is 14.4 Å². The molecular weight excluding hydrogens is 428 g/mol. The highest BCUT2D eigenvalue weighted by Gasteiger charge is 2.11. The number of carbonyl (C=O) groups is 3. The van der Waals surface area contributed by atoms with E-state index in [0.717, 1.165) is 5.56 Å². The first-order chi connectivity index (χ1) is 15.0. The summed E-state index contributed by atoms with van der Waals surface area (Å²) in [5.41, 5.74) is 21.1. The van der Waals surface area contributed by atoms with Gasteiger partial charge in [0, 0.05) is 0 Å². The predicted octanol–water partition coefficient (Wildman–Crippen LogP) is -2.86. The highest BCUT2D eigenvalue weighted by atomic mass is 16.4. The molecule has 0 aliphatic carbocycles. The van der Waals surface area contributed by atoms with E-state index in [4.69, 9.17) is 47.8 Å². The summed E-state index contributed by atoms with van der Waals surface area (Å²) in [4.78, 5) is 29.7. The molecule has 0 radical (unpaired) electrons. The Morgan fingerprint density at radius 1 is 0.844 bits per heavy atom. The number of hydrogen-bond acceptors (Lipinski definition) is 10. The molecule has 0 fully saturated rings. The van der Waals surface area contributed by atoms with Gasteiger partial charge in [0.05, 0.1) is 19.8 Å². The number of aliphatic hydroxyl groups is 3. The van der Waals surface area contributed by atoms with Gasteiger partial charge in [-0.15, -0.1) is 0 Å². The van der Waals surface area contributed by atoms with E-state index in [1.165, 1.54) is 0 Å². The quantitative estimate of drug-likeness (QED) is 0.167. The van der Waals surface area contributed by atoms with Crippen molar-refractivity contribution in [3.8, 4) is 0 Å². The maximum atomic E-state index is 10.4. The minimum Gasteiger partial charge on any atom is -0.480 e. The molecule has 0 unspecified atom stereocenters. The summed E-state index contributed by atoms with van der Waals surface area (Å²) in [7, 11) is 0. The number of aliphatic hydroxyl groups excluding tert-OH is 3. The fourth-order valence-corrected chi connectivity index (χ4v) is 1.47. The smallest absolute Gasteiger partial charge is 0.320 e. The average molecular weight is 465 g/mol. The van der Waals surface area contributed by atoms with Crippen molar-refractivity contribution in [1.82, 2.24) is 0 Å². The lowest BCUT2D eigenvalue weighted by molar-refractivity contribution is -0.139. The minimum atomic E-state index is -0.968. The topological polar surface area (TPSA) is 277 Å². The Labute approximate surface area is 186 Å². The van der Waals surface area contributed by atoms with Gasteiger partial charge >= 0.3 is 17.9 Å². The number of carboxylic acid groups (broad SMARTS) is 3. The number of carboxylic acids is 3. The van der Waals surface area contributed by atoms with Crippen LogP contribution in [-0.4, -0.2) is 93.0 Å². The number of aliphatic carboxylic acids is 3. The van der Waals surface area contributed by atoms with Gasteiger partial charge in [-0.1, -0.05) is 30.3 Å². The number of rotatable bonds is 10. The average Bonchev–Trinajstić information content (AvgIpc) is 2.78. The van der Waals surface area contributed by atoms with Gasteiger partial charge in [0.2, 0.25) is 0 Å². The van der Waals surface area contributed by atoms with Crippen LogP contribution >= 0.6 is 0 Å². The number of hydrogen-bond donors (Lipinski definition) is 10. The largest absolute Gasteiger partial charge is 0.480 e. The molecule has 13 nitrogen and oxygen atoms in total. The van der Waals surface area contributed by atoms with Crippen LogP contribution in [0, 0.1) is 0 Å². The summed E-state index contributed by atoms with van der Waals surface area (Å²) >= 11 is 0. The molecule has 14 N–H and O–H groups in total. The van der Waals surface area contributed by atoms with Crippen LogP contribution in [0.2, 0.25) is 0 Å². The maximum absolute atomic E-state index is 10.4. The lowest BCUT2D eigenvalue weighted by Gasteiger charge is -2.04. The van der Waals surface area contributed by atoms with Gasteiger partial charge in [-0.05, 0) is 31.4 Å². The second-order valence-corrected chi connectivity index (χ2v) is 6.13. The molecule has 1 aromatic carbocycles. The zero-order valence-corrected chi connectivity index (χ0v) is 17.8. The third-order valence-corrected chi connectivity index (χ3v) is 3.25. The molecule has 0 spiro atoms. The normalized spacial score (nSPS) is 11.4. The number of benzene rings is 1. The molecule has 1 aromatic rings. The van der Waals surface area contributed by atoms with Gasteiger partial charge in [0.15, 0.2) is 0 Å². The van der Waals surface area contributed by atoms with Crippen LogP contribution in [0.4, 0.5) is 0 Å². The predicted molar refractivity (Wildman–Crippen MR) is 117 cm³/mol. The SMILES string of the molecule is NCC(=O)O.NCCC[C@H](N)C(=O)O.N[C@@H](Cc1ccccc1)C(=O)O.OCC(O)CO. The van der Waals surface area contributed by atoms with Crippen LogP contribution in [0.5, 0.6) is 0 Å². The van der Waals surface area contributed by atoms with Crippen LogP contribution in [0.1, 0.15) is 18.4 Å². The van der Waals surface area contributed by atoms with E-state index in [0.29, 0.717) is 25.8 Å². The van der Waals surface area contributed by atoms with Gasteiger partial charge in [0.1, 0.15) is 18.2 Å². The molecule has 13 heteroatoms. The Balaban J connectivity index is -0.000000374. The summed E-state index contributed by atoms with van der Waals surface area (Å²) in [6.45, 7) is -0.506. The Morgan fingerprint density at radius 2 is 1.28 bits per heavy atom. The van der Waals surface area contributed by atoms with Gasteiger partial charge < -0.3 is 53.6 Å². The summed E-state index contributed by atoms with van der Waals surface area (Å²) in [5, 5.41) is 48.4. The Morgan fingerprint density at radius 3 is 1.56 bits per heavy atom. The molecule has 1 rings (SSSR count). The highest BCUT2D eigenvalue weighted by molar-refractivity contribution is 5.73. The van der Waals surface area contributed by atoms with E-state index in [1.807, 2.05) is 30.3 Å². The van der Waals surface area contributed by atoms with Crippen LogP contribution in [-0.2, 0) is 20.8 Å². The van der Waals surface area contributed by atoms with Gasteiger partial charge in [-0.2, -0.15) is 0 Å². The Kier molecular flexibility index (Phi) is 24.4. The molecule has 32 heavy (non-hydrogen) atoms. The third kappa shape index (κ3) is 25.4.